The number of nitrogens with two attached hydrogens (primary N) is 1. The van der Waals surface area contributed by atoms with E-state index in [0.29, 0.717) is 0 Å². The first-order chi connectivity index (χ1) is 11.7. The van der Waals surface area contributed by atoms with E-state index in [1.807, 2.05) is 18.2 Å². The number of benzene rings is 1. The predicted octanol–water partition coefficient (Wildman–Crippen LogP) is 1.54. The Morgan fingerprint density at radius 2 is 1.83 bits per heavy atom. The van der Waals surface area contributed by atoms with Crippen LogP contribution in [0.4, 0.5) is 5.95 Å². The Kier molecular flexibility index (Phi) is 4.13. The van der Waals surface area contributed by atoms with Crippen LogP contribution in [0.25, 0.3) is 16.9 Å². The van der Waals surface area contributed by atoms with E-state index in [2.05, 4.69) is 39.2 Å². The Balaban J connectivity index is 1.55. The van der Waals surface area contributed by atoms with Crippen LogP contribution in [0.15, 0.2) is 42.5 Å². The van der Waals surface area contributed by atoms with Crippen molar-refractivity contribution in [2.75, 3.05) is 30.3 Å². The van der Waals surface area contributed by atoms with Crippen LogP contribution in [-0.2, 0) is 17.7 Å². The van der Waals surface area contributed by atoms with Crippen LogP contribution in [0.5, 0.6) is 0 Å². The number of pyridine rings is 1. The van der Waals surface area contributed by atoms with Crippen molar-refractivity contribution in [1.29, 1.82) is 0 Å². The maximum absolute atomic E-state index is 11.4. The van der Waals surface area contributed by atoms with Crippen molar-refractivity contribution in [3.05, 3.63) is 48.0 Å². The SMILES string of the molecule is Nc1nc2cccc(-c3ccc(CN4CC[S+]([O-])CC4)cc3)n2n1. The molecule has 1 aliphatic heterocycles. The average Bonchev–Trinajstić information content (AvgIpc) is 2.98. The molecule has 6 nitrogen and oxygen atoms in total. The van der Waals surface area contributed by atoms with Crippen LogP contribution in [0.2, 0.25) is 0 Å². The molecule has 1 aliphatic rings. The second-order valence-electron chi connectivity index (χ2n) is 5.97. The molecule has 0 radical (unpaired) electrons. The molecule has 124 valence electrons. The molecule has 0 aliphatic carbocycles. The van der Waals surface area contributed by atoms with Crippen LogP contribution in [0.1, 0.15) is 5.56 Å². The Bertz CT molecular complexity index is 840. The van der Waals surface area contributed by atoms with E-state index in [4.69, 9.17) is 5.73 Å². The lowest BCUT2D eigenvalue weighted by atomic mass is 10.1. The first kappa shape index (κ1) is 15.4. The Labute approximate surface area is 143 Å². The highest BCUT2D eigenvalue weighted by Gasteiger charge is 2.19. The van der Waals surface area contributed by atoms with Gasteiger partial charge in [-0.25, -0.2) is 4.52 Å². The molecule has 4 rings (SSSR count). The van der Waals surface area contributed by atoms with Crippen LogP contribution in [0, 0.1) is 0 Å². The average molecular weight is 341 g/mol. The van der Waals surface area contributed by atoms with Crippen LogP contribution >= 0.6 is 0 Å². The summed E-state index contributed by atoms with van der Waals surface area (Å²) in [6.07, 6.45) is 0. The van der Waals surface area contributed by atoms with Crippen molar-refractivity contribution < 1.29 is 4.55 Å². The van der Waals surface area contributed by atoms with E-state index in [1.165, 1.54) is 5.56 Å². The molecule has 3 heterocycles. The first-order valence-corrected chi connectivity index (χ1v) is 9.46. The second kappa shape index (κ2) is 6.43. The number of fused-ring (bicyclic) bond motifs is 1. The van der Waals surface area contributed by atoms with Crippen LogP contribution in [-0.4, -0.2) is 48.6 Å². The fourth-order valence-corrected chi connectivity index (χ4v) is 4.14. The quantitative estimate of drug-likeness (QED) is 0.731. The zero-order valence-corrected chi connectivity index (χ0v) is 14.1. The highest BCUT2D eigenvalue weighted by molar-refractivity contribution is 7.91. The summed E-state index contributed by atoms with van der Waals surface area (Å²) >= 11 is -0.627. The van der Waals surface area contributed by atoms with Gasteiger partial charge in [-0.2, -0.15) is 4.98 Å². The number of hydrogen-bond donors (Lipinski definition) is 1. The molecule has 0 bridgehead atoms. The zero-order valence-electron chi connectivity index (χ0n) is 13.3. The first-order valence-electron chi connectivity index (χ1n) is 7.97. The molecule has 2 N–H and O–H groups in total. The largest absolute Gasteiger partial charge is 0.616 e. The van der Waals surface area contributed by atoms with E-state index < -0.39 is 11.2 Å². The van der Waals surface area contributed by atoms with Gasteiger partial charge in [0.1, 0.15) is 11.5 Å². The van der Waals surface area contributed by atoms with Crippen molar-refractivity contribution in [2.24, 2.45) is 0 Å². The number of nitrogen functional groups attached to an aromatic ring is 1. The number of rotatable bonds is 3. The molecule has 0 saturated carbocycles. The summed E-state index contributed by atoms with van der Waals surface area (Å²) in [7, 11) is 0. The van der Waals surface area contributed by atoms with Crippen LogP contribution in [0.3, 0.4) is 0 Å². The summed E-state index contributed by atoms with van der Waals surface area (Å²) in [5.74, 6) is 1.85. The minimum absolute atomic E-state index is 0.279. The molecular formula is C17H19N5OS. The van der Waals surface area contributed by atoms with Crippen molar-refractivity contribution in [2.45, 2.75) is 6.54 Å². The minimum Gasteiger partial charge on any atom is -0.616 e. The summed E-state index contributed by atoms with van der Waals surface area (Å²) in [6, 6.07) is 14.3. The van der Waals surface area contributed by atoms with Crippen molar-refractivity contribution in [1.82, 2.24) is 19.5 Å². The predicted molar refractivity (Wildman–Crippen MR) is 96.0 cm³/mol. The number of nitrogens with zero attached hydrogens (tertiary/aromatic N) is 4. The van der Waals surface area contributed by atoms with Crippen LogP contribution < -0.4 is 5.73 Å². The second-order valence-corrected chi connectivity index (χ2v) is 7.67. The van der Waals surface area contributed by atoms with Gasteiger partial charge in [0.05, 0.1) is 5.69 Å². The number of hydrogen-bond acceptors (Lipinski definition) is 5. The number of anilines is 1. The Morgan fingerprint density at radius 1 is 1.08 bits per heavy atom. The normalized spacial score (nSPS) is 16.7. The Hall–Kier alpha value is -2.09. The monoisotopic (exact) mass is 341 g/mol. The van der Waals surface area contributed by atoms with Gasteiger partial charge in [-0.1, -0.05) is 41.5 Å². The molecule has 0 unspecified atom stereocenters. The van der Waals surface area contributed by atoms with Gasteiger partial charge in [-0.15, -0.1) is 5.10 Å². The van der Waals surface area contributed by atoms with E-state index in [9.17, 15) is 4.55 Å². The summed E-state index contributed by atoms with van der Waals surface area (Å²) in [5, 5.41) is 4.26. The zero-order chi connectivity index (χ0) is 16.5. The molecule has 3 aromatic rings. The summed E-state index contributed by atoms with van der Waals surface area (Å²) in [4.78, 5) is 6.55. The molecule has 1 saturated heterocycles. The molecule has 0 atom stereocenters. The topological polar surface area (TPSA) is 82.5 Å². The summed E-state index contributed by atoms with van der Waals surface area (Å²) in [6.45, 7) is 2.72. The highest BCUT2D eigenvalue weighted by atomic mass is 32.2. The van der Waals surface area contributed by atoms with E-state index in [0.717, 1.165) is 48.0 Å². The lowest BCUT2D eigenvalue weighted by molar-refractivity contribution is 0.287. The summed E-state index contributed by atoms with van der Waals surface area (Å²) in [5.41, 5.74) is 9.76. The third-order valence-electron chi connectivity index (χ3n) is 4.30. The van der Waals surface area contributed by atoms with Gasteiger partial charge in [0.25, 0.3) is 0 Å². The number of aromatic nitrogens is 3. The van der Waals surface area contributed by atoms with Crippen molar-refractivity contribution in [3.63, 3.8) is 0 Å². The van der Waals surface area contributed by atoms with Gasteiger partial charge in [-0.05, 0) is 17.7 Å². The van der Waals surface area contributed by atoms with Gasteiger partial charge >= 0.3 is 0 Å². The van der Waals surface area contributed by atoms with Gasteiger partial charge in [0.2, 0.25) is 5.95 Å². The molecule has 0 amide bonds. The lowest BCUT2D eigenvalue weighted by Gasteiger charge is -2.28. The van der Waals surface area contributed by atoms with Crippen molar-refractivity contribution >= 4 is 22.8 Å². The molecule has 24 heavy (non-hydrogen) atoms. The summed E-state index contributed by atoms with van der Waals surface area (Å²) < 4.78 is 13.2. The highest BCUT2D eigenvalue weighted by Crippen LogP contribution is 2.21. The fraction of sp³-hybridized carbons (Fsp3) is 0.294. The van der Waals surface area contributed by atoms with E-state index in [-0.39, 0.29) is 5.95 Å². The smallest absolute Gasteiger partial charge is 0.240 e. The fourth-order valence-electron chi connectivity index (χ4n) is 3.01. The molecule has 0 spiro atoms. The van der Waals surface area contributed by atoms with Gasteiger partial charge in [0.15, 0.2) is 5.65 Å². The molecular weight excluding hydrogens is 322 g/mol. The van der Waals surface area contributed by atoms with Crippen molar-refractivity contribution in [3.8, 4) is 11.3 Å². The van der Waals surface area contributed by atoms with Gasteiger partial charge in [-0.3, -0.25) is 4.90 Å². The standard InChI is InChI=1S/C17H19N5OS/c18-17-19-16-3-1-2-15(22(16)20-17)14-6-4-13(5-7-14)12-21-8-10-24(23)11-9-21/h1-7H,8-12H2,(H2,18,20). The molecule has 7 heteroatoms. The lowest BCUT2D eigenvalue weighted by Crippen LogP contribution is -2.39. The van der Waals surface area contributed by atoms with E-state index >= 15 is 0 Å². The molecule has 1 fully saturated rings. The molecule has 1 aromatic carbocycles. The Morgan fingerprint density at radius 3 is 2.58 bits per heavy atom. The maximum Gasteiger partial charge on any atom is 0.240 e. The third kappa shape index (κ3) is 3.10. The van der Waals surface area contributed by atoms with Gasteiger partial charge < -0.3 is 10.3 Å². The third-order valence-corrected chi connectivity index (χ3v) is 5.58. The maximum atomic E-state index is 11.4. The van der Waals surface area contributed by atoms with E-state index in [1.54, 1.807) is 4.52 Å². The minimum atomic E-state index is -0.627. The van der Waals surface area contributed by atoms with Gasteiger partial charge in [0, 0.05) is 25.2 Å². The molecule has 2 aromatic heterocycles.